The van der Waals surface area contributed by atoms with Gasteiger partial charge in [-0.3, -0.25) is 0 Å². The van der Waals surface area contributed by atoms with Crippen LogP contribution in [0.5, 0.6) is 0 Å². The molecule has 3 rings (SSSR count). The fourth-order valence-electron chi connectivity index (χ4n) is 1.84. The van der Waals surface area contributed by atoms with Gasteiger partial charge in [-0.1, -0.05) is 12.1 Å². The zero-order chi connectivity index (χ0) is 11.1. The quantitative estimate of drug-likeness (QED) is 0.410. The molecule has 0 atom stereocenters. The highest BCUT2D eigenvalue weighted by Crippen LogP contribution is 2.26. The number of nitrogens with zero attached hydrogens (tertiary/aromatic N) is 1. The lowest BCUT2D eigenvalue weighted by Gasteiger charge is -1.94. The molecular formula is C14H12NS+. The summed E-state index contributed by atoms with van der Waals surface area (Å²) in [5.74, 6) is 0. The van der Waals surface area contributed by atoms with E-state index in [4.69, 9.17) is 0 Å². The van der Waals surface area contributed by atoms with E-state index in [2.05, 4.69) is 55.2 Å². The smallest absolute Gasteiger partial charge is 0.237 e. The summed E-state index contributed by atoms with van der Waals surface area (Å²) in [6.07, 6.45) is 0. The Morgan fingerprint density at radius 1 is 0.812 bits per heavy atom. The van der Waals surface area contributed by atoms with Crippen LogP contribution in [0.25, 0.3) is 20.4 Å². The maximum Gasteiger partial charge on any atom is 0.257 e. The van der Waals surface area contributed by atoms with E-state index in [1.54, 1.807) is 0 Å². The Bertz CT molecular complexity index is 632. The SMILES string of the molecule is Cc1ccc2nc3ccc(C)cc3[s+]c2c1. The average molecular weight is 226 g/mol. The van der Waals surface area contributed by atoms with Crippen LogP contribution in [0.15, 0.2) is 36.4 Å². The second kappa shape index (κ2) is 3.49. The van der Waals surface area contributed by atoms with Gasteiger partial charge in [0.1, 0.15) is 11.0 Å². The lowest BCUT2D eigenvalue weighted by Crippen LogP contribution is -1.81. The van der Waals surface area contributed by atoms with Crippen LogP contribution in [0, 0.1) is 13.8 Å². The van der Waals surface area contributed by atoms with Gasteiger partial charge in [-0.05, 0) is 37.1 Å². The summed E-state index contributed by atoms with van der Waals surface area (Å²) >= 11 is 1.82. The van der Waals surface area contributed by atoms with Crippen LogP contribution in [0.1, 0.15) is 11.1 Å². The number of benzene rings is 2. The molecule has 0 saturated carbocycles. The lowest BCUT2D eigenvalue weighted by atomic mass is 10.2. The van der Waals surface area contributed by atoms with Crippen molar-refractivity contribution in [3.05, 3.63) is 47.5 Å². The first-order valence-electron chi connectivity index (χ1n) is 5.33. The molecule has 16 heavy (non-hydrogen) atoms. The minimum Gasteiger partial charge on any atom is -0.237 e. The maximum atomic E-state index is 4.67. The third-order valence-electron chi connectivity index (χ3n) is 2.69. The van der Waals surface area contributed by atoms with Crippen LogP contribution >= 0.6 is 11.3 Å². The summed E-state index contributed by atoms with van der Waals surface area (Å²) in [6, 6.07) is 12.8. The molecule has 1 aromatic heterocycles. The molecule has 0 unspecified atom stereocenters. The van der Waals surface area contributed by atoms with Gasteiger partial charge in [-0.15, -0.1) is 0 Å². The van der Waals surface area contributed by atoms with Crippen LogP contribution < -0.4 is 0 Å². The highest BCUT2D eigenvalue weighted by atomic mass is 32.1. The summed E-state index contributed by atoms with van der Waals surface area (Å²) in [5.41, 5.74) is 4.76. The molecule has 0 aliphatic heterocycles. The van der Waals surface area contributed by atoms with Crippen molar-refractivity contribution in [2.45, 2.75) is 13.8 Å². The van der Waals surface area contributed by atoms with Gasteiger partial charge in [0.05, 0.1) is 0 Å². The third kappa shape index (κ3) is 1.55. The van der Waals surface area contributed by atoms with E-state index in [1.165, 1.54) is 20.5 Å². The van der Waals surface area contributed by atoms with Crippen molar-refractivity contribution in [3.63, 3.8) is 0 Å². The van der Waals surface area contributed by atoms with E-state index in [-0.39, 0.29) is 0 Å². The molecule has 0 spiro atoms. The highest BCUT2D eigenvalue weighted by molar-refractivity contribution is 7.24. The number of hydrogen-bond acceptors (Lipinski definition) is 1. The second-order valence-electron chi connectivity index (χ2n) is 4.16. The van der Waals surface area contributed by atoms with Crippen LogP contribution in [0.3, 0.4) is 0 Å². The molecule has 2 aromatic carbocycles. The molecular weight excluding hydrogens is 214 g/mol. The van der Waals surface area contributed by atoms with Crippen molar-refractivity contribution < 1.29 is 0 Å². The number of rotatable bonds is 0. The van der Waals surface area contributed by atoms with E-state index in [1.807, 2.05) is 11.3 Å². The Hall–Kier alpha value is -1.54. The number of hydrogen-bond donors (Lipinski definition) is 0. The molecule has 0 amide bonds. The predicted molar refractivity (Wildman–Crippen MR) is 71.0 cm³/mol. The Morgan fingerprint density at radius 2 is 1.31 bits per heavy atom. The maximum absolute atomic E-state index is 4.67. The van der Waals surface area contributed by atoms with Gasteiger partial charge in [0.15, 0.2) is 0 Å². The van der Waals surface area contributed by atoms with Crippen molar-refractivity contribution in [2.24, 2.45) is 0 Å². The van der Waals surface area contributed by atoms with Crippen LogP contribution in [0.4, 0.5) is 0 Å². The topological polar surface area (TPSA) is 12.9 Å². The molecule has 3 aromatic rings. The normalized spacial score (nSPS) is 11.1. The van der Waals surface area contributed by atoms with Crippen molar-refractivity contribution in [3.8, 4) is 0 Å². The van der Waals surface area contributed by atoms with Crippen LogP contribution in [0.2, 0.25) is 0 Å². The molecule has 0 saturated heterocycles. The van der Waals surface area contributed by atoms with E-state index in [9.17, 15) is 0 Å². The molecule has 78 valence electrons. The first-order chi connectivity index (χ1) is 7.72. The molecule has 1 nitrogen and oxygen atoms in total. The van der Waals surface area contributed by atoms with Gasteiger partial charge in [0.2, 0.25) is 11.3 Å². The van der Waals surface area contributed by atoms with E-state index in [0.717, 1.165) is 11.0 Å². The summed E-state index contributed by atoms with van der Waals surface area (Å²) in [5, 5.41) is 0. The highest BCUT2D eigenvalue weighted by Gasteiger charge is 2.12. The number of aryl methyl sites for hydroxylation is 2. The van der Waals surface area contributed by atoms with Gasteiger partial charge < -0.3 is 0 Å². The minimum absolute atomic E-state index is 1.09. The van der Waals surface area contributed by atoms with E-state index < -0.39 is 0 Å². The monoisotopic (exact) mass is 226 g/mol. The van der Waals surface area contributed by atoms with Crippen molar-refractivity contribution in [1.82, 2.24) is 4.98 Å². The van der Waals surface area contributed by atoms with Crippen LogP contribution in [-0.2, 0) is 0 Å². The largest absolute Gasteiger partial charge is 0.257 e. The Balaban J connectivity index is 2.44. The fourth-order valence-corrected chi connectivity index (χ4v) is 3.00. The first-order valence-corrected chi connectivity index (χ1v) is 6.15. The lowest BCUT2D eigenvalue weighted by molar-refractivity contribution is 1.45. The standard InChI is InChI=1S/C14H12NS/c1-9-3-5-11-13(7-9)16-14-8-10(2)4-6-12(14)15-11/h3-8H,1-2H3/q+1. The summed E-state index contributed by atoms with van der Waals surface area (Å²) in [6.45, 7) is 4.24. The molecule has 0 N–H and O–H groups in total. The fraction of sp³-hybridized carbons (Fsp3) is 0.143. The number of aromatic nitrogens is 1. The molecule has 0 bridgehead atoms. The molecule has 0 aliphatic rings. The predicted octanol–water partition coefficient (Wildman–Crippen LogP) is 4.35. The molecule has 0 aliphatic carbocycles. The second-order valence-corrected chi connectivity index (χ2v) is 5.24. The van der Waals surface area contributed by atoms with Crippen molar-refractivity contribution in [1.29, 1.82) is 0 Å². The molecule has 0 radical (unpaired) electrons. The summed E-state index contributed by atoms with van der Waals surface area (Å²) in [4.78, 5) is 4.67. The minimum atomic E-state index is 1.09. The van der Waals surface area contributed by atoms with Gasteiger partial charge in [-0.2, -0.15) is 0 Å². The van der Waals surface area contributed by atoms with Gasteiger partial charge in [0, 0.05) is 12.1 Å². The molecule has 0 fully saturated rings. The van der Waals surface area contributed by atoms with E-state index in [0.29, 0.717) is 0 Å². The third-order valence-corrected chi connectivity index (χ3v) is 3.79. The van der Waals surface area contributed by atoms with E-state index >= 15 is 0 Å². The zero-order valence-corrected chi connectivity index (χ0v) is 10.1. The van der Waals surface area contributed by atoms with Gasteiger partial charge in [0.25, 0.3) is 9.40 Å². The summed E-state index contributed by atoms with van der Waals surface area (Å²) < 4.78 is 2.52. The molecule has 1 heterocycles. The Kier molecular flexibility index (Phi) is 2.11. The first kappa shape index (κ1) is 9.67. The summed E-state index contributed by atoms with van der Waals surface area (Å²) in [7, 11) is 0. The van der Waals surface area contributed by atoms with Crippen LogP contribution in [-0.4, -0.2) is 4.98 Å². The Labute approximate surface area is 98.4 Å². The van der Waals surface area contributed by atoms with Gasteiger partial charge in [-0.25, -0.2) is 4.98 Å². The Morgan fingerprint density at radius 3 is 1.81 bits per heavy atom. The van der Waals surface area contributed by atoms with Crippen molar-refractivity contribution >= 4 is 31.8 Å². The average Bonchev–Trinajstić information content (AvgIpc) is 2.26. The number of fused-ring (bicyclic) bond motifs is 2. The zero-order valence-electron chi connectivity index (χ0n) is 9.32. The van der Waals surface area contributed by atoms with Crippen molar-refractivity contribution in [2.75, 3.05) is 0 Å². The molecule has 2 heteroatoms. The van der Waals surface area contributed by atoms with Gasteiger partial charge >= 0.3 is 0 Å².